The Morgan fingerprint density at radius 1 is 0.727 bits per heavy atom. The molecule has 0 aromatic heterocycles. The summed E-state index contributed by atoms with van der Waals surface area (Å²) in [6, 6.07) is 13.2. The lowest BCUT2D eigenvalue weighted by Gasteiger charge is -2.27. The first-order chi connectivity index (χ1) is 10.3. The first-order valence-electron chi connectivity index (χ1n) is 8.36. The van der Waals surface area contributed by atoms with Gasteiger partial charge in [0.25, 0.3) is 0 Å². The van der Waals surface area contributed by atoms with E-state index in [2.05, 4.69) is 87.2 Å². The Labute approximate surface area is 138 Å². The maximum Gasteiger partial charge on any atom is -0.0106 e. The highest BCUT2D eigenvalue weighted by Gasteiger charge is 2.21. The van der Waals surface area contributed by atoms with Crippen LogP contribution in [0.1, 0.15) is 76.0 Å². The Kier molecular flexibility index (Phi) is 5.45. The highest BCUT2D eigenvalue weighted by Crippen LogP contribution is 2.37. The zero-order valence-electron chi connectivity index (χ0n) is 14.8. The van der Waals surface area contributed by atoms with Gasteiger partial charge in [-0.25, -0.2) is 0 Å². The maximum absolute atomic E-state index is 3.02. The predicted molar refractivity (Wildman–Crippen MR) is 103 cm³/mol. The van der Waals surface area contributed by atoms with E-state index in [1.807, 2.05) is 0 Å². The van der Waals surface area contributed by atoms with Gasteiger partial charge in [0, 0.05) is 0 Å². The average Bonchev–Trinajstić information content (AvgIpc) is 2.46. The van der Waals surface area contributed by atoms with Gasteiger partial charge in [0.2, 0.25) is 0 Å². The third kappa shape index (κ3) is 3.28. The Balaban J connectivity index is 2.83. The molecule has 0 heterocycles. The molecule has 0 amide bonds. The summed E-state index contributed by atoms with van der Waals surface area (Å²) in [5.41, 5.74) is 7.25. The molecule has 1 heteroatoms. The van der Waals surface area contributed by atoms with Crippen LogP contribution in [0.15, 0.2) is 36.4 Å². The Morgan fingerprint density at radius 3 is 1.73 bits per heavy atom. The van der Waals surface area contributed by atoms with Crippen molar-refractivity contribution in [3.05, 3.63) is 53.1 Å². The summed E-state index contributed by atoms with van der Waals surface area (Å²) in [5, 5.41) is 1.37. The topological polar surface area (TPSA) is 0 Å². The third-order valence-corrected chi connectivity index (χ3v) is 4.96. The fourth-order valence-corrected chi connectivity index (χ4v) is 4.10. The molecular weight excluding hydrogens is 283 g/mol. The van der Waals surface area contributed by atoms with Crippen LogP contribution in [0.25, 0.3) is 11.1 Å². The molecule has 118 valence electrons. The van der Waals surface area contributed by atoms with Gasteiger partial charge in [-0.1, -0.05) is 71.9 Å². The fourth-order valence-electron chi connectivity index (χ4n) is 3.36. The van der Waals surface area contributed by atoms with Gasteiger partial charge < -0.3 is 0 Å². The van der Waals surface area contributed by atoms with Crippen LogP contribution in [0.5, 0.6) is 0 Å². The molecule has 0 aliphatic rings. The van der Waals surface area contributed by atoms with Gasteiger partial charge in [0.05, 0.1) is 0 Å². The van der Waals surface area contributed by atoms with Crippen molar-refractivity contribution < 1.29 is 0 Å². The van der Waals surface area contributed by atoms with E-state index in [9.17, 15) is 0 Å². The molecule has 0 saturated heterocycles. The zero-order valence-corrected chi connectivity index (χ0v) is 15.9. The van der Waals surface area contributed by atoms with Crippen LogP contribution in [0, 0.1) is 0 Å². The van der Waals surface area contributed by atoms with Gasteiger partial charge in [0.1, 0.15) is 0 Å². The second-order valence-corrected chi connectivity index (χ2v) is 7.66. The molecule has 2 aromatic rings. The molecule has 0 aliphatic heterocycles. The van der Waals surface area contributed by atoms with Crippen LogP contribution in [0.4, 0.5) is 0 Å². The number of rotatable bonds is 4. The monoisotopic (exact) mass is 312 g/mol. The highest BCUT2D eigenvalue weighted by molar-refractivity contribution is 7.28. The van der Waals surface area contributed by atoms with E-state index in [0.29, 0.717) is 17.8 Å². The van der Waals surface area contributed by atoms with Crippen LogP contribution in [0.3, 0.4) is 0 Å². The van der Waals surface area contributed by atoms with Crippen molar-refractivity contribution in [2.75, 3.05) is 0 Å². The summed E-state index contributed by atoms with van der Waals surface area (Å²) in [6.45, 7) is 13.9. The van der Waals surface area contributed by atoms with E-state index in [0.717, 1.165) is 0 Å². The summed E-state index contributed by atoms with van der Waals surface area (Å²) in [5.74, 6) is 1.63. The minimum atomic E-state index is 0.533. The van der Waals surface area contributed by atoms with E-state index >= 15 is 0 Å². The van der Waals surface area contributed by atoms with Gasteiger partial charge in [-0.2, -0.15) is 0 Å². The first-order valence-corrected chi connectivity index (χ1v) is 8.93. The van der Waals surface area contributed by atoms with Crippen molar-refractivity contribution in [3.63, 3.8) is 0 Å². The number of hydrogen-bond acceptors (Lipinski definition) is 0. The molecule has 0 spiro atoms. The van der Waals surface area contributed by atoms with Gasteiger partial charge in [-0.05, 0) is 56.9 Å². The SMILES string of the molecule is CC(C)c1cc(-c2ccccc2)c(P)c(C(C)C)c1C(C)C. The van der Waals surface area contributed by atoms with Crippen LogP contribution in [-0.4, -0.2) is 0 Å². The van der Waals surface area contributed by atoms with E-state index < -0.39 is 0 Å². The molecule has 1 atom stereocenters. The molecule has 2 aromatic carbocycles. The van der Waals surface area contributed by atoms with Crippen LogP contribution in [0.2, 0.25) is 0 Å². The van der Waals surface area contributed by atoms with Crippen LogP contribution >= 0.6 is 9.24 Å². The van der Waals surface area contributed by atoms with E-state index in [1.54, 1.807) is 5.56 Å². The second-order valence-electron chi connectivity index (χ2n) is 7.08. The van der Waals surface area contributed by atoms with Crippen LogP contribution in [-0.2, 0) is 0 Å². The molecule has 0 aliphatic carbocycles. The van der Waals surface area contributed by atoms with Crippen LogP contribution < -0.4 is 5.30 Å². The fraction of sp³-hybridized carbons (Fsp3) is 0.429. The number of hydrogen-bond donors (Lipinski definition) is 0. The number of benzene rings is 2. The standard InChI is InChI=1S/C21H29P/c1-13(2)17-12-18(16-10-8-7-9-11-16)21(22)20(15(5)6)19(17)14(3)4/h7-15H,22H2,1-6H3. The lowest BCUT2D eigenvalue weighted by molar-refractivity contribution is 0.753. The van der Waals surface area contributed by atoms with Crippen molar-refractivity contribution in [2.45, 2.75) is 59.3 Å². The first kappa shape index (κ1) is 17.2. The Morgan fingerprint density at radius 2 is 1.27 bits per heavy atom. The Hall–Kier alpha value is -1.13. The van der Waals surface area contributed by atoms with Gasteiger partial charge in [-0.3, -0.25) is 0 Å². The van der Waals surface area contributed by atoms with Gasteiger partial charge in [-0.15, -0.1) is 9.24 Å². The summed E-state index contributed by atoms with van der Waals surface area (Å²) >= 11 is 0. The molecule has 0 bridgehead atoms. The normalized spacial score (nSPS) is 11.7. The molecule has 0 saturated carbocycles. The van der Waals surface area contributed by atoms with E-state index in [1.165, 1.54) is 27.6 Å². The highest BCUT2D eigenvalue weighted by atomic mass is 31.0. The molecule has 0 nitrogen and oxygen atoms in total. The quantitative estimate of drug-likeness (QED) is 0.587. The minimum absolute atomic E-state index is 0.533. The molecule has 0 radical (unpaired) electrons. The molecule has 1 unspecified atom stereocenters. The van der Waals surface area contributed by atoms with Crippen molar-refractivity contribution >= 4 is 14.5 Å². The summed E-state index contributed by atoms with van der Waals surface area (Å²) in [4.78, 5) is 0. The van der Waals surface area contributed by atoms with E-state index in [4.69, 9.17) is 0 Å². The van der Waals surface area contributed by atoms with Crippen molar-refractivity contribution in [1.82, 2.24) is 0 Å². The molecule has 0 N–H and O–H groups in total. The largest absolute Gasteiger partial charge is 0.105 e. The van der Waals surface area contributed by atoms with Gasteiger partial charge >= 0.3 is 0 Å². The third-order valence-electron chi connectivity index (χ3n) is 4.34. The predicted octanol–water partition coefficient (Wildman–Crippen LogP) is 6.22. The average molecular weight is 312 g/mol. The lowest BCUT2D eigenvalue weighted by Crippen LogP contribution is -2.16. The van der Waals surface area contributed by atoms with Crippen molar-refractivity contribution in [2.24, 2.45) is 0 Å². The molecule has 22 heavy (non-hydrogen) atoms. The summed E-state index contributed by atoms with van der Waals surface area (Å²) in [7, 11) is 3.02. The second kappa shape index (κ2) is 6.97. The molecular formula is C21H29P. The smallest absolute Gasteiger partial charge is 0.0106 e. The molecule has 0 fully saturated rings. The summed E-state index contributed by atoms with van der Waals surface area (Å²) in [6.07, 6.45) is 0. The van der Waals surface area contributed by atoms with Gasteiger partial charge in [0.15, 0.2) is 0 Å². The minimum Gasteiger partial charge on any atom is -0.105 e. The molecule has 2 rings (SSSR count). The lowest BCUT2D eigenvalue weighted by atomic mass is 9.81. The van der Waals surface area contributed by atoms with E-state index in [-0.39, 0.29) is 0 Å². The van der Waals surface area contributed by atoms with Crippen molar-refractivity contribution in [3.8, 4) is 11.1 Å². The van der Waals surface area contributed by atoms with Crippen molar-refractivity contribution in [1.29, 1.82) is 0 Å². The zero-order chi connectivity index (χ0) is 16.4. The Bertz CT molecular complexity index is 637. The summed E-state index contributed by atoms with van der Waals surface area (Å²) < 4.78 is 0. The maximum atomic E-state index is 3.02.